The van der Waals surface area contributed by atoms with Crippen LogP contribution < -0.4 is 10.6 Å². The minimum atomic E-state index is -1.71. The number of pyridine rings is 1. The van der Waals surface area contributed by atoms with Crippen LogP contribution >= 0.6 is 0 Å². The predicted octanol–water partition coefficient (Wildman–Crippen LogP) is -1.59. The van der Waals surface area contributed by atoms with Crippen LogP contribution in [0.25, 0.3) is 0 Å². The number of carbonyl (C=O) groups excluding carboxylic acids is 5. The van der Waals surface area contributed by atoms with E-state index in [4.69, 9.17) is 0 Å². The lowest BCUT2D eigenvalue weighted by molar-refractivity contribution is -0.135. The fourth-order valence-electron chi connectivity index (χ4n) is 2.08. The zero-order chi connectivity index (χ0) is 14.4. The Balaban J connectivity index is 2.03. The number of hydrogen-bond acceptors (Lipinski definition) is 6. The lowest BCUT2D eigenvalue weighted by atomic mass is 10.2. The van der Waals surface area contributed by atoms with Crippen LogP contribution in [0.3, 0.4) is 0 Å². The monoisotopic (exact) mass is 274 g/mol. The molecule has 6 amide bonds. The van der Waals surface area contributed by atoms with Crippen molar-refractivity contribution in [2.24, 2.45) is 0 Å². The van der Waals surface area contributed by atoms with Gasteiger partial charge in [0.05, 0.1) is 11.1 Å². The molecule has 3 rings (SSSR count). The van der Waals surface area contributed by atoms with E-state index in [1.165, 1.54) is 18.5 Å². The minimum Gasteiger partial charge on any atom is -0.275 e. The van der Waals surface area contributed by atoms with E-state index in [2.05, 4.69) is 4.98 Å². The average molecular weight is 274 g/mol. The molecule has 2 aliphatic heterocycles. The van der Waals surface area contributed by atoms with Gasteiger partial charge in [-0.2, -0.15) is 0 Å². The highest BCUT2D eigenvalue weighted by Crippen LogP contribution is 2.24. The summed E-state index contributed by atoms with van der Waals surface area (Å²) in [6.45, 7) is 0. The highest BCUT2D eigenvalue weighted by Gasteiger charge is 2.48. The second kappa shape index (κ2) is 3.95. The number of nitrogens with one attached hydrogen (secondary N) is 2. The Hall–Kier alpha value is -3.10. The summed E-state index contributed by atoms with van der Waals surface area (Å²) in [6.07, 6.45) is 2.50. The van der Waals surface area contributed by atoms with Crippen LogP contribution in [0.5, 0.6) is 0 Å². The van der Waals surface area contributed by atoms with Gasteiger partial charge in [-0.25, -0.2) is 4.79 Å². The second-order valence-corrected chi connectivity index (χ2v) is 4.11. The molecule has 20 heavy (non-hydrogen) atoms. The molecule has 0 unspecified atom stereocenters. The Bertz CT molecular complexity index is 643. The zero-order valence-electron chi connectivity index (χ0n) is 9.75. The number of carbonyl (C=O) groups is 5. The van der Waals surface area contributed by atoms with Crippen molar-refractivity contribution in [3.8, 4) is 0 Å². The molecule has 1 saturated heterocycles. The van der Waals surface area contributed by atoms with E-state index in [1.807, 2.05) is 10.6 Å². The van der Waals surface area contributed by atoms with Gasteiger partial charge < -0.3 is 0 Å². The fraction of sp³-hybridized carbons (Fsp3) is 0.0909. The quantitative estimate of drug-likeness (QED) is 0.470. The molecule has 0 saturated carbocycles. The van der Waals surface area contributed by atoms with Crippen molar-refractivity contribution in [1.82, 2.24) is 20.5 Å². The van der Waals surface area contributed by atoms with Gasteiger partial charge in [-0.15, -0.1) is 0 Å². The molecule has 1 fully saturated rings. The van der Waals surface area contributed by atoms with Gasteiger partial charge in [0.1, 0.15) is 0 Å². The lowest BCUT2D eigenvalue weighted by Crippen LogP contribution is -2.65. The van der Waals surface area contributed by atoms with Crippen LogP contribution in [0.15, 0.2) is 18.5 Å². The Kier molecular flexibility index (Phi) is 2.36. The van der Waals surface area contributed by atoms with Crippen molar-refractivity contribution in [2.45, 2.75) is 6.04 Å². The second-order valence-electron chi connectivity index (χ2n) is 4.11. The first kappa shape index (κ1) is 12.0. The number of rotatable bonds is 1. The zero-order valence-corrected chi connectivity index (χ0v) is 9.75. The summed E-state index contributed by atoms with van der Waals surface area (Å²) in [5.74, 6) is -3.64. The molecular formula is C11H6N4O5. The minimum absolute atomic E-state index is 0.00926. The normalized spacial score (nSPS) is 19.0. The van der Waals surface area contributed by atoms with Crippen molar-refractivity contribution < 1.29 is 24.0 Å². The van der Waals surface area contributed by atoms with Gasteiger partial charge in [0.2, 0.25) is 0 Å². The molecule has 0 atom stereocenters. The van der Waals surface area contributed by atoms with E-state index in [-0.39, 0.29) is 11.1 Å². The molecule has 0 radical (unpaired) electrons. The van der Waals surface area contributed by atoms with E-state index in [0.29, 0.717) is 4.90 Å². The first-order chi connectivity index (χ1) is 9.50. The van der Waals surface area contributed by atoms with E-state index < -0.39 is 35.7 Å². The van der Waals surface area contributed by atoms with Crippen LogP contribution in [0.2, 0.25) is 0 Å². The third-order valence-electron chi connectivity index (χ3n) is 2.95. The predicted molar refractivity (Wildman–Crippen MR) is 60.2 cm³/mol. The van der Waals surface area contributed by atoms with Crippen LogP contribution in [0.1, 0.15) is 20.7 Å². The largest absolute Gasteiger partial charge is 0.328 e. The number of fused-ring (bicyclic) bond motifs is 1. The van der Waals surface area contributed by atoms with Crippen LogP contribution in [0.4, 0.5) is 4.79 Å². The van der Waals surface area contributed by atoms with E-state index >= 15 is 0 Å². The number of aromatic nitrogens is 1. The molecule has 1 aromatic rings. The molecule has 100 valence electrons. The van der Waals surface area contributed by atoms with Gasteiger partial charge in [-0.05, 0) is 6.07 Å². The summed E-state index contributed by atoms with van der Waals surface area (Å²) in [6, 6.07) is -1.38. The Labute approximate surface area is 110 Å². The molecule has 9 nitrogen and oxygen atoms in total. The molecular weight excluding hydrogens is 268 g/mol. The van der Waals surface area contributed by atoms with Crippen molar-refractivity contribution in [3.05, 3.63) is 29.6 Å². The molecule has 1 aromatic heterocycles. The molecule has 0 aliphatic carbocycles. The number of urea groups is 1. The summed E-state index contributed by atoms with van der Waals surface area (Å²) in [5.41, 5.74) is 0.0671. The maximum Gasteiger partial charge on any atom is 0.328 e. The first-order valence-corrected chi connectivity index (χ1v) is 5.48. The lowest BCUT2D eigenvalue weighted by Gasteiger charge is -2.26. The maximum atomic E-state index is 12.1. The van der Waals surface area contributed by atoms with E-state index in [0.717, 1.165) is 0 Å². The van der Waals surface area contributed by atoms with Crippen LogP contribution in [-0.2, 0) is 9.59 Å². The number of amides is 6. The topological polar surface area (TPSA) is 126 Å². The number of barbiturate groups is 1. The van der Waals surface area contributed by atoms with Crippen LogP contribution in [-0.4, -0.2) is 45.6 Å². The van der Waals surface area contributed by atoms with Gasteiger partial charge >= 0.3 is 6.03 Å². The van der Waals surface area contributed by atoms with Gasteiger partial charge in [0.15, 0.2) is 6.04 Å². The first-order valence-electron chi connectivity index (χ1n) is 5.48. The molecule has 3 heterocycles. The van der Waals surface area contributed by atoms with Crippen molar-refractivity contribution in [2.75, 3.05) is 0 Å². The summed E-state index contributed by atoms with van der Waals surface area (Å²) < 4.78 is 0. The van der Waals surface area contributed by atoms with Crippen LogP contribution in [0, 0.1) is 0 Å². The number of imide groups is 3. The van der Waals surface area contributed by atoms with Crippen molar-refractivity contribution in [1.29, 1.82) is 0 Å². The van der Waals surface area contributed by atoms with Crippen molar-refractivity contribution in [3.63, 3.8) is 0 Å². The molecule has 0 aromatic carbocycles. The average Bonchev–Trinajstić information content (AvgIpc) is 2.64. The molecule has 0 spiro atoms. The SMILES string of the molecule is O=C1NC(=O)C(N2C(=O)c3ccncc3C2=O)C(=O)N1. The molecule has 0 bridgehead atoms. The smallest absolute Gasteiger partial charge is 0.275 e. The Morgan fingerprint density at radius 3 is 2.15 bits per heavy atom. The van der Waals surface area contributed by atoms with Gasteiger partial charge in [-0.1, -0.05) is 0 Å². The summed E-state index contributed by atoms with van der Waals surface area (Å²) >= 11 is 0. The van der Waals surface area contributed by atoms with E-state index in [9.17, 15) is 24.0 Å². The fourth-order valence-corrected chi connectivity index (χ4v) is 2.08. The summed E-state index contributed by atoms with van der Waals surface area (Å²) in [5, 5.41) is 3.67. The highest BCUT2D eigenvalue weighted by atomic mass is 16.2. The highest BCUT2D eigenvalue weighted by molar-refractivity contribution is 6.28. The Morgan fingerprint density at radius 1 is 0.950 bits per heavy atom. The third-order valence-corrected chi connectivity index (χ3v) is 2.95. The molecule has 9 heteroatoms. The van der Waals surface area contributed by atoms with Gasteiger partial charge in [-0.3, -0.25) is 39.7 Å². The maximum absolute atomic E-state index is 12.1. The van der Waals surface area contributed by atoms with Gasteiger partial charge in [0, 0.05) is 12.4 Å². The molecule has 2 aliphatic rings. The number of hydrogen-bond donors (Lipinski definition) is 2. The van der Waals surface area contributed by atoms with E-state index in [1.54, 1.807) is 0 Å². The number of nitrogens with zero attached hydrogens (tertiary/aromatic N) is 2. The Morgan fingerprint density at radius 2 is 1.55 bits per heavy atom. The van der Waals surface area contributed by atoms with Crippen molar-refractivity contribution >= 4 is 29.7 Å². The standard InChI is InChI=1S/C11H6N4O5/c16-7-6(8(17)14-11(20)13-7)15-9(18)4-1-2-12-3-5(4)10(15)19/h1-3,6H,(H2,13,14,16,17,20). The third kappa shape index (κ3) is 1.49. The van der Waals surface area contributed by atoms with Gasteiger partial charge in [0.25, 0.3) is 23.6 Å². The molecule has 2 N–H and O–H groups in total. The summed E-state index contributed by atoms with van der Waals surface area (Å²) in [4.78, 5) is 62.8. The summed E-state index contributed by atoms with van der Waals surface area (Å²) in [7, 11) is 0.